The van der Waals surface area contributed by atoms with Gasteiger partial charge in [-0.05, 0) is 18.9 Å². The number of rotatable bonds is 5. The van der Waals surface area contributed by atoms with Gasteiger partial charge in [0.15, 0.2) is 0 Å². The summed E-state index contributed by atoms with van der Waals surface area (Å²) in [6, 6.07) is 8.87. The van der Waals surface area contributed by atoms with E-state index in [2.05, 4.69) is 5.32 Å². The van der Waals surface area contributed by atoms with Crippen LogP contribution in [0.3, 0.4) is 0 Å². The van der Waals surface area contributed by atoms with E-state index in [0.717, 1.165) is 5.56 Å². The van der Waals surface area contributed by atoms with Gasteiger partial charge in [0.2, 0.25) is 5.91 Å². The van der Waals surface area contributed by atoms with Crippen molar-refractivity contribution in [3.05, 3.63) is 35.9 Å². The van der Waals surface area contributed by atoms with Crippen LogP contribution in [-0.2, 0) is 11.2 Å². The molecule has 4 heteroatoms. The first-order valence-electron chi connectivity index (χ1n) is 5.34. The fraction of sp³-hybridized carbons (Fsp3) is 0.417. The number of nitrogens with one attached hydrogen (secondary N) is 1. The van der Waals surface area contributed by atoms with Crippen molar-refractivity contribution in [2.45, 2.75) is 25.4 Å². The van der Waals surface area contributed by atoms with Gasteiger partial charge in [-0.1, -0.05) is 30.3 Å². The van der Waals surface area contributed by atoms with Crippen LogP contribution in [0.1, 0.15) is 12.5 Å². The van der Waals surface area contributed by atoms with E-state index in [-0.39, 0.29) is 18.6 Å². The number of nitrogens with two attached hydrogens (primary N) is 1. The van der Waals surface area contributed by atoms with E-state index in [1.54, 1.807) is 6.92 Å². The third-order valence-corrected chi connectivity index (χ3v) is 2.31. The Kier molecular flexibility index (Phi) is 4.95. The van der Waals surface area contributed by atoms with Crippen LogP contribution in [0.2, 0.25) is 0 Å². The lowest BCUT2D eigenvalue weighted by Gasteiger charge is -2.17. The second kappa shape index (κ2) is 6.25. The summed E-state index contributed by atoms with van der Waals surface area (Å²) in [5.74, 6) is -0.241. The van der Waals surface area contributed by atoms with E-state index in [4.69, 9.17) is 10.8 Å². The zero-order valence-corrected chi connectivity index (χ0v) is 9.39. The molecule has 0 fully saturated rings. The van der Waals surface area contributed by atoms with E-state index in [9.17, 15) is 4.79 Å². The molecule has 2 atom stereocenters. The predicted molar refractivity (Wildman–Crippen MR) is 62.8 cm³/mol. The smallest absolute Gasteiger partial charge is 0.236 e. The van der Waals surface area contributed by atoms with Crippen LogP contribution < -0.4 is 11.1 Å². The molecule has 88 valence electrons. The summed E-state index contributed by atoms with van der Waals surface area (Å²) in [5, 5.41) is 11.9. The van der Waals surface area contributed by atoms with Crippen molar-refractivity contribution in [3.8, 4) is 0 Å². The summed E-state index contributed by atoms with van der Waals surface area (Å²) in [6.07, 6.45) is 0.607. The Hall–Kier alpha value is -1.39. The van der Waals surface area contributed by atoms with Crippen molar-refractivity contribution < 1.29 is 9.90 Å². The molecule has 0 radical (unpaired) electrons. The Bertz CT molecular complexity index is 325. The number of aliphatic hydroxyl groups is 1. The van der Waals surface area contributed by atoms with E-state index >= 15 is 0 Å². The topological polar surface area (TPSA) is 75.4 Å². The number of aliphatic hydroxyl groups excluding tert-OH is 1. The van der Waals surface area contributed by atoms with E-state index in [0.29, 0.717) is 6.42 Å². The zero-order chi connectivity index (χ0) is 12.0. The second-order valence-electron chi connectivity index (χ2n) is 3.87. The molecule has 0 saturated heterocycles. The van der Waals surface area contributed by atoms with Gasteiger partial charge in [-0.25, -0.2) is 0 Å². The Labute approximate surface area is 95.5 Å². The third kappa shape index (κ3) is 4.00. The summed E-state index contributed by atoms with van der Waals surface area (Å²) in [5.41, 5.74) is 6.51. The maximum atomic E-state index is 11.4. The number of hydrogen-bond acceptors (Lipinski definition) is 3. The molecule has 4 nitrogen and oxygen atoms in total. The molecule has 1 amide bonds. The molecule has 4 N–H and O–H groups in total. The van der Waals surface area contributed by atoms with E-state index in [1.165, 1.54) is 0 Å². The molecule has 0 heterocycles. The quantitative estimate of drug-likeness (QED) is 0.659. The van der Waals surface area contributed by atoms with Crippen molar-refractivity contribution in [1.82, 2.24) is 5.32 Å². The molecule has 1 aromatic rings. The Morgan fingerprint density at radius 3 is 2.56 bits per heavy atom. The maximum Gasteiger partial charge on any atom is 0.236 e. The molecule has 0 aliphatic rings. The number of carbonyl (C=O) groups is 1. The molecule has 0 aliphatic carbocycles. The monoisotopic (exact) mass is 222 g/mol. The number of benzene rings is 1. The van der Waals surface area contributed by atoms with Gasteiger partial charge in [0.05, 0.1) is 18.7 Å². The van der Waals surface area contributed by atoms with Gasteiger partial charge in [-0.2, -0.15) is 0 Å². The fourth-order valence-corrected chi connectivity index (χ4v) is 1.39. The highest BCUT2D eigenvalue weighted by atomic mass is 16.3. The number of hydrogen-bond donors (Lipinski definition) is 3. The first-order valence-corrected chi connectivity index (χ1v) is 5.34. The van der Waals surface area contributed by atoms with Gasteiger partial charge in [-0.15, -0.1) is 0 Å². The van der Waals surface area contributed by atoms with Gasteiger partial charge in [0, 0.05) is 0 Å². The lowest BCUT2D eigenvalue weighted by Crippen LogP contribution is -2.46. The maximum absolute atomic E-state index is 11.4. The molecule has 1 rings (SSSR count). The molecule has 0 aromatic heterocycles. The average Bonchev–Trinajstić information content (AvgIpc) is 2.29. The Morgan fingerprint density at radius 1 is 1.44 bits per heavy atom. The Balaban J connectivity index is 2.53. The predicted octanol–water partition coefficient (Wildman–Crippen LogP) is 0.0534. The molecule has 16 heavy (non-hydrogen) atoms. The molecule has 1 unspecified atom stereocenters. The average molecular weight is 222 g/mol. The lowest BCUT2D eigenvalue weighted by atomic mass is 10.1. The van der Waals surface area contributed by atoms with Crippen LogP contribution in [0, 0.1) is 0 Å². The van der Waals surface area contributed by atoms with Crippen LogP contribution in [0.15, 0.2) is 30.3 Å². The summed E-state index contributed by atoms with van der Waals surface area (Å²) in [4.78, 5) is 11.4. The van der Waals surface area contributed by atoms with E-state index in [1.807, 2.05) is 30.3 Å². The van der Waals surface area contributed by atoms with Crippen molar-refractivity contribution in [1.29, 1.82) is 0 Å². The number of carbonyl (C=O) groups excluding carboxylic acids is 1. The SMILES string of the molecule is C[C@H](N)C(=O)NC(CO)Cc1ccccc1. The van der Waals surface area contributed by atoms with Gasteiger partial charge >= 0.3 is 0 Å². The molecule has 1 aromatic carbocycles. The van der Waals surface area contributed by atoms with Crippen molar-refractivity contribution in [2.24, 2.45) is 5.73 Å². The fourth-order valence-electron chi connectivity index (χ4n) is 1.39. The minimum absolute atomic E-state index is 0.0899. The van der Waals surface area contributed by atoms with Crippen LogP contribution in [0.25, 0.3) is 0 Å². The first kappa shape index (κ1) is 12.7. The van der Waals surface area contributed by atoms with Crippen molar-refractivity contribution >= 4 is 5.91 Å². The first-order chi connectivity index (χ1) is 7.63. The molecule has 0 spiro atoms. The highest BCUT2D eigenvalue weighted by Crippen LogP contribution is 2.02. The summed E-state index contributed by atoms with van der Waals surface area (Å²) < 4.78 is 0. The van der Waals surface area contributed by atoms with Crippen LogP contribution >= 0.6 is 0 Å². The molecular weight excluding hydrogens is 204 g/mol. The normalized spacial score (nSPS) is 14.2. The second-order valence-corrected chi connectivity index (χ2v) is 3.87. The summed E-state index contributed by atoms with van der Waals surface area (Å²) >= 11 is 0. The highest BCUT2D eigenvalue weighted by Gasteiger charge is 2.14. The summed E-state index contributed by atoms with van der Waals surface area (Å²) in [6.45, 7) is 1.53. The van der Waals surface area contributed by atoms with Crippen LogP contribution in [0.4, 0.5) is 0 Å². The van der Waals surface area contributed by atoms with Gasteiger partial charge in [0.25, 0.3) is 0 Å². The summed E-state index contributed by atoms with van der Waals surface area (Å²) in [7, 11) is 0. The standard InChI is InChI=1S/C12H18N2O2/c1-9(13)12(16)14-11(8-15)7-10-5-3-2-4-6-10/h2-6,9,11,15H,7-8,13H2,1H3,(H,14,16)/t9-,11?/m0/s1. The third-order valence-electron chi connectivity index (χ3n) is 2.31. The molecule has 0 aliphatic heterocycles. The van der Waals surface area contributed by atoms with Gasteiger partial charge in [-0.3, -0.25) is 4.79 Å². The largest absolute Gasteiger partial charge is 0.394 e. The van der Waals surface area contributed by atoms with Crippen molar-refractivity contribution in [3.63, 3.8) is 0 Å². The van der Waals surface area contributed by atoms with Gasteiger partial charge < -0.3 is 16.2 Å². The van der Waals surface area contributed by atoms with Crippen molar-refractivity contribution in [2.75, 3.05) is 6.61 Å². The Morgan fingerprint density at radius 2 is 2.06 bits per heavy atom. The lowest BCUT2D eigenvalue weighted by molar-refractivity contribution is -0.123. The van der Waals surface area contributed by atoms with Crippen LogP contribution in [0.5, 0.6) is 0 Å². The molecule has 0 saturated carbocycles. The van der Waals surface area contributed by atoms with E-state index < -0.39 is 6.04 Å². The minimum Gasteiger partial charge on any atom is -0.394 e. The zero-order valence-electron chi connectivity index (χ0n) is 9.39. The molecular formula is C12H18N2O2. The molecule has 0 bridgehead atoms. The highest BCUT2D eigenvalue weighted by molar-refractivity contribution is 5.81. The minimum atomic E-state index is -0.551. The van der Waals surface area contributed by atoms with Gasteiger partial charge in [0.1, 0.15) is 0 Å². The van der Waals surface area contributed by atoms with Crippen LogP contribution in [-0.4, -0.2) is 29.7 Å². The number of amides is 1.